The first-order chi connectivity index (χ1) is 13.6. The average Bonchev–Trinajstić information content (AvgIpc) is 3.08. The Hall–Kier alpha value is -3.87. The number of hydrogen-bond donors (Lipinski definition) is 0. The molecule has 0 saturated heterocycles. The van der Waals surface area contributed by atoms with Crippen LogP contribution in [-0.2, 0) is 9.47 Å². The third-order valence-electron chi connectivity index (χ3n) is 4.51. The molecule has 0 aliphatic carbocycles. The minimum atomic E-state index is -0.807. The Morgan fingerprint density at radius 3 is 2.11 bits per heavy atom. The predicted octanol–water partition coefficient (Wildman–Crippen LogP) is 3.31. The lowest BCUT2D eigenvalue weighted by Crippen LogP contribution is -2.14. The molecule has 28 heavy (non-hydrogen) atoms. The summed E-state index contributed by atoms with van der Waals surface area (Å²) in [6.07, 6.45) is 0. The number of nitrogens with zero attached hydrogens (tertiary/aromatic N) is 1. The normalized spacial score (nSPS) is 10.9. The highest BCUT2D eigenvalue weighted by molar-refractivity contribution is 6.17. The molecule has 0 unspecified atom stereocenters. The second-order valence-electron chi connectivity index (χ2n) is 5.99. The quantitative estimate of drug-likeness (QED) is 0.509. The average molecular weight is 377 g/mol. The van der Waals surface area contributed by atoms with Crippen LogP contribution < -0.4 is 5.63 Å². The minimum Gasteiger partial charge on any atom is -0.465 e. The molecule has 0 saturated carbocycles. The van der Waals surface area contributed by atoms with E-state index in [1.165, 1.54) is 14.2 Å². The molecule has 0 radical (unpaired) electrons. The van der Waals surface area contributed by atoms with E-state index < -0.39 is 17.6 Å². The summed E-state index contributed by atoms with van der Waals surface area (Å²) in [6, 6.07) is 15.8. The Morgan fingerprint density at radius 1 is 0.857 bits per heavy atom. The van der Waals surface area contributed by atoms with Crippen LogP contribution in [0.5, 0.6) is 0 Å². The molecule has 140 valence electrons. The van der Waals surface area contributed by atoms with Crippen molar-refractivity contribution in [2.75, 3.05) is 14.2 Å². The van der Waals surface area contributed by atoms with Crippen LogP contribution >= 0.6 is 0 Å². The summed E-state index contributed by atoms with van der Waals surface area (Å²) in [4.78, 5) is 37.7. The first-order valence-electron chi connectivity index (χ1n) is 8.40. The van der Waals surface area contributed by atoms with Gasteiger partial charge in [-0.2, -0.15) is 0 Å². The molecule has 0 fully saturated rings. The van der Waals surface area contributed by atoms with Gasteiger partial charge in [0.2, 0.25) is 0 Å². The summed E-state index contributed by atoms with van der Waals surface area (Å²) in [5.74, 6) is -1.56. The number of methoxy groups -OCH3 is 2. The van der Waals surface area contributed by atoms with E-state index in [1.54, 1.807) is 53.1 Å². The molecule has 4 rings (SSSR count). The third kappa shape index (κ3) is 2.48. The van der Waals surface area contributed by atoms with Crippen LogP contribution in [0.15, 0.2) is 63.8 Å². The number of carbonyl (C=O) groups excluding carboxylic acids is 2. The molecule has 2 heterocycles. The standard InChI is InChI=1S/C21H15NO6/c1-26-20(24)15-17(21(25)27-2)22(12-8-4-3-5-9-12)16-13-10-6-7-11-14(13)19(23)28-18(15)16/h3-11H,1-2H3. The number of carbonyl (C=O) groups is 2. The van der Waals surface area contributed by atoms with Crippen LogP contribution in [0.1, 0.15) is 20.8 Å². The maximum atomic E-state index is 12.7. The van der Waals surface area contributed by atoms with Gasteiger partial charge in [0.1, 0.15) is 5.56 Å². The number of hydrogen-bond acceptors (Lipinski definition) is 6. The molecule has 0 spiro atoms. The Labute approximate surface area is 158 Å². The van der Waals surface area contributed by atoms with Crippen LogP contribution in [0.3, 0.4) is 0 Å². The first-order valence-corrected chi connectivity index (χ1v) is 8.40. The van der Waals surface area contributed by atoms with Crippen LogP contribution in [0.4, 0.5) is 0 Å². The molecule has 0 bridgehead atoms. The number of esters is 2. The zero-order valence-electron chi connectivity index (χ0n) is 15.1. The van der Waals surface area contributed by atoms with Crippen molar-refractivity contribution < 1.29 is 23.5 Å². The van der Waals surface area contributed by atoms with Crippen molar-refractivity contribution in [3.05, 3.63) is 76.3 Å². The summed E-state index contributed by atoms with van der Waals surface area (Å²) in [5, 5.41) is 0.871. The SMILES string of the molecule is COC(=O)c1c(C(=O)OC)n(-c2ccccc2)c2c1oc(=O)c1ccccc12. The number of fused-ring (bicyclic) bond motifs is 3. The molecule has 0 aliphatic rings. The molecule has 7 nitrogen and oxygen atoms in total. The summed E-state index contributed by atoms with van der Waals surface area (Å²) < 4.78 is 16.8. The van der Waals surface area contributed by atoms with Gasteiger partial charge in [-0.3, -0.25) is 4.57 Å². The van der Waals surface area contributed by atoms with Gasteiger partial charge >= 0.3 is 17.6 Å². The zero-order valence-corrected chi connectivity index (χ0v) is 15.1. The molecule has 7 heteroatoms. The molecular weight excluding hydrogens is 362 g/mol. The summed E-state index contributed by atoms with van der Waals surface area (Å²) in [6.45, 7) is 0. The van der Waals surface area contributed by atoms with Gasteiger partial charge in [0.05, 0.1) is 25.1 Å². The Morgan fingerprint density at radius 2 is 1.46 bits per heavy atom. The van der Waals surface area contributed by atoms with E-state index in [0.717, 1.165) is 0 Å². The summed E-state index contributed by atoms with van der Waals surface area (Å²) in [5.41, 5.74) is 0.130. The van der Waals surface area contributed by atoms with Crippen molar-refractivity contribution in [2.45, 2.75) is 0 Å². The first kappa shape index (κ1) is 17.5. The fourth-order valence-electron chi connectivity index (χ4n) is 3.33. The van der Waals surface area contributed by atoms with Crippen LogP contribution in [0, 0.1) is 0 Å². The number of benzene rings is 2. The molecule has 0 atom stereocenters. The van der Waals surface area contributed by atoms with E-state index in [-0.39, 0.29) is 16.8 Å². The molecule has 2 aromatic heterocycles. The fourth-order valence-corrected chi connectivity index (χ4v) is 3.33. The fraction of sp³-hybridized carbons (Fsp3) is 0.0952. The maximum Gasteiger partial charge on any atom is 0.356 e. The van der Waals surface area contributed by atoms with Crippen LogP contribution in [-0.4, -0.2) is 30.7 Å². The van der Waals surface area contributed by atoms with Crippen LogP contribution in [0.2, 0.25) is 0 Å². The van der Waals surface area contributed by atoms with E-state index in [9.17, 15) is 14.4 Å². The van der Waals surface area contributed by atoms with Gasteiger partial charge in [-0.05, 0) is 18.2 Å². The lowest BCUT2D eigenvalue weighted by Gasteiger charge is -2.10. The molecule has 0 aliphatic heterocycles. The Balaban J connectivity index is 2.33. The van der Waals surface area contributed by atoms with E-state index >= 15 is 0 Å². The highest BCUT2D eigenvalue weighted by Gasteiger charge is 2.32. The second-order valence-corrected chi connectivity index (χ2v) is 5.99. The largest absolute Gasteiger partial charge is 0.465 e. The smallest absolute Gasteiger partial charge is 0.356 e. The second kappa shape index (κ2) is 6.70. The highest BCUT2D eigenvalue weighted by Crippen LogP contribution is 2.34. The molecule has 4 aromatic rings. The number of para-hydroxylation sites is 1. The molecule has 0 amide bonds. The van der Waals surface area contributed by atoms with Crippen molar-refractivity contribution in [3.8, 4) is 5.69 Å². The van der Waals surface area contributed by atoms with Gasteiger partial charge in [-0.15, -0.1) is 0 Å². The third-order valence-corrected chi connectivity index (χ3v) is 4.51. The van der Waals surface area contributed by atoms with Crippen molar-refractivity contribution >= 4 is 33.8 Å². The van der Waals surface area contributed by atoms with Gasteiger partial charge in [0.15, 0.2) is 11.3 Å². The lowest BCUT2D eigenvalue weighted by atomic mass is 10.1. The van der Waals surface area contributed by atoms with Crippen molar-refractivity contribution in [3.63, 3.8) is 0 Å². The summed E-state index contributed by atoms with van der Waals surface area (Å²) in [7, 11) is 2.40. The van der Waals surface area contributed by atoms with Crippen molar-refractivity contribution in [1.29, 1.82) is 0 Å². The highest BCUT2D eigenvalue weighted by atomic mass is 16.5. The van der Waals surface area contributed by atoms with Gasteiger partial charge < -0.3 is 13.9 Å². The number of ether oxygens (including phenoxy) is 2. The summed E-state index contributed by atoms with van der Waals surface area (Å²) >= 11 is 0. The van der Waals surface area contributed by atoms with E-state index in [4.69, 9.17) is 13.9 Å². The monoisotopic (exact) mass is 377 g/mol. The van der Waals surface area contributed by atoms with Crippen LogP contribution in [0.25, 0.3) is 27.6 Å². The van der Waals surface area contributed by atoms with Gasteiger partial charge in [0.25, 0.3) is 0 Å². The maximum absolute atomic E-state index is 12.7. The Kier molecular flexibility index (Phi) is 4.19. The van der Waals surface area contributed by atoms with Crippen molar-refractivity contribution in [1.82, 2.24) is 4.57 Å². The molecule has 2 aromatic carbocycles. The van der Waals surface area contributed by atoms with E-state index in [0.29, 0.717) is 22.0 Å². The zero-order chi connectivity index (χ0) is 19.8. The van der Waals surface area contributed by atoms with Crippen molar-refractivity contribution in [2.24, 2.45) is 0 Å². The predicted molar refractivity (Wildman–Crippen MR) is 102 cm³/mol. The lowest BCUT2D eigenvalue weighted by molar-refractivity contribution is 0.0550. The van der Waals surface area contributed by atoms with Gasteiger partial charge in [0, 0.05) is 11.1 Å². The number of aromatic nitrogens is 1. The minimum absolute atomic E-state index is 0.0280. The van der Waals surface area contributed by atoms with E-state index in [2.05, 4.69) is 0 Å². The number of rotatable bonds is 3. The molecule has 0 N–H and O–H groups in total. The van der Waals surface area contributed by atoms with E-state index in [1.807, 2.05) is 6.07 Å². The Bertz CT molecular complexity index is 1280. The van der Waals surface area contributed by atoms with Gasteiger partial charge in [-0.25, -0.2) is 14.4 Å². The molecular formula is C21H15NO6. The topological polar surface area (TPSA) is 87.7 Å². The van der Waals surface area contributed by atoms with Gasteiger partial charge in [-0.1, -0.05) is 36.4 Å².